The number of aryl methyl sites for hydroxylation is 1. The second kappa shape index (κ2) is 5.17. The monoisotopic (exact) mass is 261 g/mol. The fourth-order valence-corrected chi connectivity index (χ4v) is 1.23. The Morgan fingerprint density at radius 3 is 2.79 bits per heavy atom. The number of phenolic OH excluding ortho intramolecular Hbond substituents is 2. The number of anilines is 1. The fourth-order valence-electron chi connectivity index (χ4n) is 1.23. The molecule has 0 aliphatic rings. The van der Waals surface area contributed by atoms with E-state index in [1.54, 1.807) is 6.07 Å². The average Bonchev–Trinajstić information content (AvgIpc) is 2.38. The summed E-state index contributed by atoms with van der Waals surface area (Å²) < 4.78 is 0. The lowest BCUT2D eigenvalue weighted by Gasteiger charge is -1.99. The minimum absolute atomic E-state index is 0.106. The van der Waals surface area contributed by atoms with Crippen molar-refractivity contribution < 1.29 is 10.2 Å². The van der Waals surface area contributed by atoms with Crippen molar-refractivity contribution in [3.63, 3.8) is 0 Å². The number of H-pyrrole nitrogens is 1. The first-order chi connectivity index (χ1) is 9.06. The minimum Gasteiger partial charge on any atom is -0.504 e. The molecular weight excluding hydrogens is 250 g/mol. The molecule has 1 aromatic heterocycles. The van der Waals surface area contributed by atoms with Crippen molar-refractivity contribution in [3.8, 4) is 11.5 Å². The van der Waals surface area contributed by atoms with Gasteiger partial charge in [-0.15, -0.1) is 10.2 Å². The van der Waals surface area contributed by atoms with Gasteiger partial charge in [-0.3, -0.25) is 9.78 Å². The number of hydrogen-bond acceptors (Lipinski definition) is 7. The van der Waals surface area contributed by atoms with Crippen LogP contribution >= 0.6 is 0 Å². The smallest absolute Gasteiger partial charge is 0.274 e. The number of hydrogen-bond donors (Lipinski definition) is 4. The summed E-state index contributed by atoms with van der Waals surface area (Å²) in [6.45, 7) is 1.54. The van der Waals surface area contributed by atoms with Crippen molar-refractivity contribution in [3.05, 3.63) is 39.8 Å². The highest BCUT2D eigenvalue weighted by Crippen LogP contribution is 2.23. The number of aromatic amines is 1. The molecule has 0 bridgehead atoms. The normalized spacial score (nSPS) is 10.8. The zero-order valence-electron chi connectivity index (χ0n) is 9.95. The molecule has 0 aliphatic heterocycles. The summed E-state index contributed by atoms with van der Waals surface area (Å²) in [5, 5.41) is 29.5. The summed E-state index contributed by atoms with van der Waals surface area (Å²) in [5.41, 5.74) is 2.96. The van der Waals surface area contributed by atoms with Gasteiger partial charge in [0, 0.05) is 0 Å². The largest absolute Gasteiger partial charge is 0.504 e. The highest BCUT2D eigenvalue weighted by atomic mass is 16.3. The average molecular weight is 261 g/mol. The SMILES string of the molecule is Cc1nnc(N/N=C/c2ccc(O)c(O)c2)[nH]c1=O. The Hall–Kier alpha value is -2.90. The quantitative estimate of drug-likeness (QED) is 0.358. The summed E-state index contributed by atoms with van der Waals surface area (Å²) in [4.78, 5) is 13.7. The molecule has 1 aromatic carbocycles. The van der Waals surface area contributed by atoms with Crippen LogP contribution in [0.2, 0.25) is 0 Å². The highest BCUT2D eigenvalue weighted by Gasteiger charge is 1.99. The molecule has 8 nitrogen and oxygen atoms in total. The number of aromatic hydroxyl groups is 2. The van der Waals surface area contributed by atoms with Crippen molar-refractivity contribution in [2.75, 3.05) is 5.43 Å². The molecule has 98 valence electrons. The molecule has 0 fully saturated rings. The van der Waals surface area contributed by atoms with E-state index in [2.05, 4.69) is 25.7 Å². The maximum absolute atomic E-state index is 11.2. The number of phenols is 2. The van der Waals surface area contributed by atoms with E-state index in [1.165, 1.54) is 25.3 Å². The summed E-state index contributed by atoms with van der Waals surface area (Å²) in [6, 6.07) is 4.23. The lowest BCUT2D eigenvalue weighted by Crippen LogP contribution is -2.15. The van der Waals surface area contributed by atoms with Crippen molar-refractivity contribution in [1.29, 1.82) is 0 Å². The van der Waals surface area contributed by atoms with Crippen LogP contribution in [-0.4, -0.2) is 31.6 Å². The Labute approximate surface area is 107 Å². The molecule has 0 radical (unpaired) electrons. The predicted octanol–water partition coefficient (Wildman–Crippen LogP) is 0.331. The van der Waals surface area contributed by atoms with E-state index in [0.29, 0.717) is 5.56 Å². The molecule has 0 saturated carbocycles. The molecule has 1 heterocycles. The van der Waals surface area contributed by atoms with Crippen LogP contribution in [0.1, 0.15) is 11.3 Å². The lowest BCUT2D eigenvalue weighted by molar-refractivity contribution is 0.403. The molecule has 0 unspecified atom stereocenters. The molecule has 0 aliphatic carbocycles. The van der Waals surface area contributed by atoms with Gasteiger partial charge in [-0.2, -0.15) is 5.10 Å². The van der Waals surface area contributed by atoms with E-state index in [9.17, 15) is 9.90 Å². The Balaban J connectivity index is 2.08. The van der Waals surface area contributed by atoms with E-state index < -0.39 is 0 Å². The van der Waals surface area contributed by atoms with E-state index in [4.69, 9.17) is 5.11 Å². The number of benzene rings is 1. The number of nitrogens with one attached hydrogen (secondary N) is 2. The number of aromatic nitrogens is 3. The molecule has 0 amide bonds. The minimum atomic E-state index is -0.352. The van der Waals surface area contributed by atoms with Gasteiger partial charge in [0.05, 0.1) is 6.21 Å². The van der Waals surface area contributed by atoms with Crippen LogP contribution < -0.4 is 11.0 Å². The predicted molar refractivity (Wildman–Crippen MR) is 68.4 cm³/mol. The van der Waals surface area contributed by atoms with Crippen molar-refractivity contribution in [2.45, 2.75) is 6.92 Å². The Morgan fingerprint density at radius 2 is 2.11 bits per heavy atom. The van der Waals surface area contributed by atoms with E-state index in [-0.39, 0.29) is 28.7 Å². The van der Waals surface area contributed by atoms with Gasteiger partial charge in [-0.1, -0.05) is 0 Å². The molecule has 8 heteroatoms. The third-order valence-corrected chi connectivity index (χ3v) is 2.24. The van der Waals surface area contributed by atoms with E-state index in [1.807, 2.05) is 0 Å². The van der Waals surface area contributed by atoms with Gasteiger partial charge >= 0.3 is 0 Å². The summed E-state index contributed by atoms with van der Waals surface area (Å²) in [5.74, 6) is -0.346. The standard InChI is InChI=1S/C11H11N5O3/c1-6-10(19)13-11(16-14-6)15-12-5-7-2-3-8(17)9(18)4-7/h2-5,17-18H,1H3,(H2,13,15,16,19)/b12-5+. The van der Waals surface area contributed by atoms with Crippen LogP contribution in [0.25, 0.3) is 0 Å². The highest BCUT2D eigenvalue weighted by molar-refractivity contribution is 5.81. The van der Waals surface area contributed by atoms with Crippen LogP contribution in [0.3, 0.4) is 0 Å². The molecule has 0 spiro atoms. The van der Waals surface area contributed by atoms with Gasteiger partial charge in [-0.05, 0) is 30.7 Å². The summed E-state index contributed by atoms with van der Waals surface area (Å²) >= 11 is 0. The Morgan fingerprint density at radius 1 is 1.32 bits per heavy atom. The molecule has 19 heavy (non-hydrogen) atoms. The van der Waals surface area contributed by atoms with E-state index in [0.717, 1.165) is 0 Å². The summed E-state index contributed by atoms with van der Waals surface area (Å²) in [7, 11) is 0. The molecule has 0 saturated heterocycles. The lowest BCUT2D eigenvalue weighted by atomic mass is 10.2. The van der Waals surface area contributed by atoms with Crippen LogP contribution in [0.4, 0.5) is 5.95 Å². The zero-order valence-corrected chi connectivity index (χ0v) is 9.95. The van der Waals surface area contributed by atoms with Gasteiger partial charge in [0.2, 0.25) is 5.95 Å². The van der Waals surface area contributed by atoms with Gasteiger partial charge in [0.15, 0.2) is 11.5 Å². The number of hydrazone groups is 1. The van der Waals surface area contributed by atoms with Crippen LogP contribution in [-0.2, 0) is 0 Å². The van der Waals surface area contributed by atoms with Crippen molar-refractivity contribution in [2.24, 2.45) is 5.10 Å². The second-order valence-corrected chi connectivity index (χ2v) is 3.71. The Bertz CT molecular complexity index is 680. The molecular formula is C11H11N5O3. The zero-order chi connectivity index (χ0) is 13.8. The van der Waals surface area contributed by atoms with Crippen molar-refractivity contribution >= 4 is 12.2 Å². The topological polar surface area (TPSA) is 123 Å². The van der Waals surface area contributed by atoms with Gasteiger partial charge < -0.3 is 10.2 Å². The first-order valence-corrected chi connectivity index (χ1v) is 5.31. The first kappa shape index (κ1) is 12.6. The van der Waals surface area contributed by atoms with Crippen molar-refractivity contribution in [1.82, 2.24) is 15.2 Å². The molecule has 0 atom stereocenters. The van der Waals surface area contributed by atoms with Gasteiger partial charge in [0.25, 0.3) is 5.56 Å². The van der Waals surface area contributed by atoms with Crippen LogP contribution in [0.15, 0.2) is 28.1 Å². The van der Waals surface area contributed by atoms with Crippen LogP contribution in [0, 0.1) is 6.92 Å². The molecule has 2 aromatic rings. The molecule has 4 N–H and O–H groups in total. The van der Waals surface area contributed by atoms with Crippen LogP contribution in [0.5, 0.6) is 11.5 Å². The maximum Gasteiger partial charge on any atom is 0.274 e. The maximum atomic E-state index is 11.2. The molecule has 2 rings (SSSR count). The van der Waals surface area contributed by atoms with E-state index >= 15 is 0 Å². The Kier molecular flexibility index (Phi) is 3.42. The second-order valence-electron chi connectivity index (χ2n) is 3.71. The third kappa shape index (κ3) is 3.06. The number of nitrogens with zero attached hydrogens (tertiary/aromatic N) is 3. The first-order valence-electron chi connectivity index (χ1n) is 5.31. The third-order valence-electron chi connectivity index (χ3n) is 2.24. The summed E-state index contributed by atoms with van der Waals surface area (Å²) in [6.07, 6.45) is 1.39. The fraction of sp³-hybridized carbons (Fsp3) is 0.0909. The van der Waals surface area contributed by atoms with Gasteiger partial charge in [0.1, 0.15) is 5.69 Å². The number of rotatable bonds is 3. The van der Waals surface area contributed by atoms with Gasteiger partial charge in [-0.25, -0.2) is 5.43 Å².